The summed E-state index contributed by atoms with van der Waals surface area (Å²) in [6, 6.07) is 8.96. The highest BCUT2D eigenvalue weighted by molar-refractivity contribution is 8.00. The number of hydrogen-bond donors (Lipinski definition) is 0. The van der Waals surface area contributed by atoms with Crippen molar-refractivity contribution in [2.24, 2.45) is 0 Å². The molecule has 0 heterocycles. The Kier molecular flexibility index (Phi) is 5.61. The predicted molar refractivity (Wildman–Crippen MR) is 96.5 cm³/mol. The minimum absolute atomic E-state index is 0.281. The summed E-state index contributed by atoms with van der Waals surface area (Å²) in [7, 11) is -1.65. The van der Waals surface area contributed by atoms with Gasteiger partial charge >= 0.3 is 0 Å². The monoisotopic (exact) mass is 322 g/mol. The molecule has 0 atom stereocenters. The minimum Gasteiger partial charge on any atom is -0.413 e. The third-order valence-electron chi connectivity index (χ3n) is 4.91. The first kappa shape index (κ1) is 17.1. The number of benzene rings is 1. The Morgan fingerprint density at radius 1 is 1.19 bits per heavy atom. The molecule has 0 aliphatic heterocycles. The molecule has 118 valence electrons. The van der Waals surface area contributed by atoms with Crippen molar-refractivity contribution >= 4 is 20.1 Å². The fourth-order valence-electron chi connectivity index (χ4n) is 2.39. The average Bonchev–Trinajstić information content (AvgIpc) is 2.88. The minimum atomic E-state index is -1.65. The summed E-state index contributed by atoms with van der Waals surface area (Å²) < 4.78 is 6.33. The summed E-state index contributed by atoms with van der Waals surface area (Å²) in [5.41, 5.74) is 1.32. The maximum Gasteiger partial charge on any atom is 0.192 e. The molecule has 0 spiro atoms. The Labute approximate surface area is 136 Å². The summed E-state index contributed by atoms with van der Waals surface area (Å²) in [5.74, 6) is 0. The van der Waals surface area contributed by atoms with E-state index >= 15 is 0 Å². The summed E-state index contributed by atoms with van der Waals surface area (Å²) in [6.45, 7) is 12.3. The Hall–Kier alpha value is -0.253. The second-order valence-electron chi connectivity index (χ2n) is 7.72. The zero-order chi connectivity index (χ0) is 15.5. The molecule has 0 saturated heterocycles. The average molecular weight is 323 g/mol. The van der Waals surface area contributed by atoms with Crippen molar-refractivity contribution in [2.75, 3.05) is 0 Å². The van der Waals surface area contributed by atoms with Gasteiger partial charge in [0.1, 0.15) is 0 Å². The first-order valence-corrected chi connectivity index (χ1v) is 12.0. The van der Waals surface area contributed by atoms with E-state index in [0.717, 1.165) is 11.9 Å². The van der Waals surface area contributed by atoms with E-state index in [9.17, 15) is 0 Å². The molecule has 1 aliphatic rings. The molecule has 0 aromatic heterocycles. The topological polar surface area (TPSA) is 9.23 Å². The Balaban J connectivity index is 1.94. The van der Waals surface area contributed by atoms with E-state index in [2.05, 4.69) is 69.9 Å². The largest absolute Gasteiger partial charge is 0.413 e. The molecule has 21 heavy (non-hydrogen) atoms. The summed E-state index contributed by atoms with van der Waals surface area (Å²) in [6.07, 6.45) is 5.59. The van der Waals surface area contributed by atoms with Gasteiger partial charge in [-0.2, -0.15) is 0 Å². The summed E-state index contributed by atoms with van der Waals surface area (Å²) >= 11 is 2.06. The molecule has 0 amide bonds. The van der Waals surface area contributed by atoms with Crippen LogP contribution in [0.4, 0.5) is 0 Å². The van der Waals surface area contributed by atoms with Crippen LogP contribution in [0.5, 0.6) is 0 Å². The van der Waals surface area contributed by atoms with Crippen LogP contribution in [-0.4, -0.2) is 13.6 Å². The van der Waals surface area contributed by atoms with Gasteiger partial charge in [0.05, 0.1) is 6.61 Å². The fourth-order valence-corrected chi connectivity index (χ4v) is 4.68. The van der Waals surface area contributed by atoms with Crippen molar-refractivity contribution in [1.82, 2.24) is 0 Å². The van der Waals surface area contributed by atoms with Crippen LogP contribution in [0.1, 0.15) is 52.0 Å². The SMILES string of the molecule is CC(C)(C)[Si](C)(C)OCc1cccc(SC2CCCC2)c1. The normalized spacial score (nSPS) is 17.4. The zero-order valence-electron chi connectivity index (χ0n) is 14.2. The number of hydrogen-bond acceptors (Lipinski definition) is 2. The molecular weight excluding hydrogens is 292 g/mol. The van der Waals surface area contributed by atoms with Gasteiger partial charge in [-0.25, -0.2) is 0 Å². The van der Waals surface area contributed by atoms with E-state index < -0.39 is 8.32 Å². The molecule has 2 rings (SSSR count). The van der Waals surface area contributed by atoms with Crippen molar-refractivity contribution in [3.05, 3.63) is 29.8 Å². The second-order valence-corrected chi connectivity index (χ2v) is 13.9. The molecule has 3 heteroatoms. The van der Waals surface area contributed by atoms with E-state index in [4.69, 9.17) is 4.43 Å². The molecule has 1 aromatic rings. The lowest BCUT2D eigenvalue weighted by Crippen LogP contribution is -2.40. The van der Waals surface area contributed by atoms with Crippen molar-refractivity contribution in [1.29, 1.82) is 0 Å². The maximum absolute atomic E-state index is 6.33. The van der Waals surface area contributed by atoms with E-state index in [0.29, 0.717) is 0 Å². The van der Waals surface area contributed by atoms with E-state index in [1.165, 1.54) is 36.1 Å². The lowest BCUT2D eigenvalue weighted by atomic mass is 10.2. The van der Waals surface area contributed by atoms with Gasteiger partial charge in [0.2, 0.25) is 0 Å². The lowest BCUT2D eigenvalue weighted by molar-refractivity contribution is 0.276. The zero-order valence-corrected chi connectivity index (χ0v) is 16.1. The Morgan fingerprint density at radius 2 is 1.86 bits per heavy atom. The molecule has 1 saturated carbocycles. The van der Waals surface area contributed by atoms with Crippen molar-refractivity contribution < 1.29 is 4.43 Å². The van der Waals surface area contributed by atoms with E-state index in [-0.39, 0.29) is 5.04 Å². The number of rotatable bonds is 5. The van der Waals surface area contributed by atoms with Crippen molar-refractivity contribution in [2.45, 2.75) is 81.3 Å². The summed E-state index contributed by atoms with van der Waals surface area (Å²) in [4.78, 5) is 1.42. The number of thioether (sulfide) groups is 1. The Bertz CT molecular complexity index is 459. The maximum atomic E-state index is 6.33. The van der Waals surface area contributed by atoms with Gasteiger partial charge in [0.25, 0.3) is 0 Å². The summed E-state index contributed by atoms with van der Waals surface area (Å²) in [5, 5.41) is 1.12. The first-order valence-electron chi connectivity index (χ1n) is 8.17. The van der Waals surface area contributed by atoms with Gasteiger partial charge in [-0.05, 0) is 48.7 Å². The molecule has 0 N–H and O–H groups in total. The van der Waals surface area contributed by atoms with Gasteiger partial charge in [-0.15, -0.1) is 11.8 Å². The predicted octanol–water partition coefficient (Wildman–Crippen LogP) is 6.24. The van der Waals surface area contributed by atoms with Gasteiger partial charge in [-0.3, -0.25) is 0 Å². The van der Waals surface area contributed by atoms with Crippen LogP contribution in [0.2, 0.25) is 18.1 Å². The molecule has 1 fully saturated rings. The van der Waals surface area contributed by atoms with Gasteiger partial charge in [0.15, 0.2) is 8.32 Å². The van der Waals surface area contributed by atoms with E-state index in [1.807, 2.05) is 0 Å². The Morgan fingerprint density at radius 3 is 2.48 bits per heavy atom. The highest BCUT2D eigenvalue weighted by Gasteiger charge is 2.37. The molecule has 1 aliphatic carbocycles. The lowest BCUT2D eigenvalue weighted by Gasteiger charge is -2.36. The quantitative estimate of drug-likeness (QED) is 0.593. The smallest absolute Gasteiger partial charge is 0.192 e. The highest BCUT2D eigenvalue weighted by atomic mass is 32.2. The van der Waals surface area contributed by atoms with Crippen LogP contribution < -0.4 is 0 Å². The van der Waals surface area contributed by atoms with Crippen LogP contribution in [0.15, 0.2) is 29.2 Å². The molecule has 0 bridgehead atoms. The van der Waals surface area contributed by atoms with Crippen LogP contribution in [-0.2, 0) is 11.0 Å². The van der Waals surface area contributed by atoms with Crippen LogP contribution >= 0.6 is 11.8 Å². The molecule has 1 aromatic carbocycles. The fraction of sp³-hybridized carbons (Fsp3) is 0.667. The third kappa shape index (κ3) is 4.87. The van der Waals surface area contributed by atoms with Crippen LogP contribution in [0.3, 0.4) is 0 Å². The molecule has 1 nitrogen and oxygen atoms in total. The van der Waals surface area contributed by atoms with E-state index in [1.54, 1.807) is 0 Å². The van der Waals surface area contributed by atoms with Crippen molar-refractivity contribution in [3.63, 3.8) is 0 Å². The highest BCUT2D eigenvalue weighted by Crippen LogP contribution is 2.38. The molecule has 0 radical (unpaired) electrons. The molecule has 0 unspecified atom stereocenters. The van der Waals surface area contributed by atoms with Crippen LogP contribution in [0.25, 0.3) is 0 Å². The standard InChI is InChI=1S/C18H30OSSi/c1-18(2,3)21(4,5)19-14-15-9-8-12-17(13-15)20-16-10-6-7-11-16/h8-9,12-13,16H,6-7,10-11,14H2,1-5H3. The van der Waals surface area contributed by atoms with Crippen LogP contribution in [0, 0.1) is 0 Å². The third-order valence-corrected chi connectivity index (χ3v) is 10.7. The van der Waals surface area contributed by atoms with Crippen molar-refractivity contribution in [3.8, 4) is 0 Å². The van der Waals surface area contributed by atoms with Gasteiger partial charge < -0.3 is 4.43 Å². The van der Waals surface area contributed by atoms with Gasteiger partial charge in [-0.1, -0.05) is 45.7 Å². The molecular formula is C18H30OSSi. The van der Waals surface area contributed by atoms with Gasteiger partial charge in [0, 0.05) is 10.1 Å². The second kappa shape index (κ2) is 6.89. The first-order chi connectivity index (χ1) is 9.78.